The van der Waals surface area contributed by atoms with Crippen LogP contribution in [0.4, 0.5) is 14.7 Å². The highest BCUT2D eigenvalue weighted by Crippen LogP contribution is 2.25. The molecule has 0 fully saturated rings. The summed E-state index contributed by atoms with van der Waals surface area (Å²) in [5.41, 5.74) is 0.604. The molecule has 0 amide bonds. The van der Waals surface area contributed by atoms with Gasteiger partial charge >= 0.3 is 0 Å². The Morgan fingerprint density at radius 3 is 2.80 bits per heavy atom. The summed E-state index contributed by atoms with van der Waals surface area (Å²) in [5.74, 6) is -0.896. The van der Waals surface area contributed by atoms with Crippen molar-refractivity contribution in [1.82, 2.24) is 24.5 Å². The third-order valence-corrected chi connectivity index (χ3v) is 3.28. The molecule has 9 heteroatoms. The van der Waals surface area contributed by atoms with Gasteiger partial charge in [-0.3, -0.25) is 0 Å². The molecule has 0 saturated heterocycles. The molecular formula is C16H16F2N6O. The monoisotopic (exact) mass is 346 g/mol. The second kappa shape index (κ2) is 6.80. The topological polar surface area (TPSA) is 67.9 Å². The molecule has 25 heavy (non-hydrogen) atoms. The largest absolute Gasteiger partial charge is 0.481 e. The average molecular weight is 346 g/mol. The Bertz CT molecular complexity index is 924. The number of rotatable bonds is 5. The van der Waals surface area contributed by atoms with E-state index in [0.29, 0.717) is 11.5 Å². The molecule has 0 spiro atoms. The van der Waals surface area contributed by atoms with Gasteiger partial charge in [-0.2, -0.15) is 9.50 Å². The van der Waals surface area contributed by atoms with Crippen LogP contribution in [0.1, 0.15) is 18.7 Å². The SMILES string of the molecule is CC(Oc1ccc(F)cc1F)c1ccnc2nc(/N=C/N(C)C)nn12. The summed E-state index contributed by atoms with van der Waals surface area (Å²) in [6.45, 7) is 1.72. The fourth-order valence-corrected chi connectivity index (χ4v) is 2.15. The lowest BCUT2D eigenvalue weighted by molar-refractivity contribution is 0.208. The van der Waals surface area contributed by atoms with Gasteiger partial charge in [-0.25, -0.2) is 18.8 Å². The van der Waals surface area contributed by atoms with Gasteiger partial charge in [0.15, 0.2) is 11.6 Å². The third kappa shape index (κ3) is 3.70. The normalized spacial score (nSPS) is 12.7. The van der Waals surface area contributed by atoms with E-state index < -0.39 is 17.7 Å². The number of aliphatic imine (C=N–C) groups is 1. The molecule has 2 heterocycles. The van der Waals surface area contributed by atoms with Gasteiger partial charge in [-0.05, 0) is 25.1 Å². The van der Waals surface area contributed by atoms with E-state index in [4.69, 9.17) is 4.74 Å². The van der Waals surface area contributed by atoms with Crippen LogP contribution in [-0.2, 0) is 0 Å². The predicted molar refractivity (Wildman–Crippen MR) is 88.0 cm³/mol. The molecule has 3 rings (SSSR count). The first-order valence-electron chi connectivity index (χ1n) is 7.48. The van der Waals surface area contributed by atoms with Gasteiger partial charge in [0.25, 0.3) is 11.7 Å². The van der Waals surface area contributed by atoms with Gasteiger partial charge in [0, 0.05) is 26.4 Å². The highest BCUT2D eigenvalue weighted by Gasteiger charge is 2.16. The zero-order valence-corrected chi connectivity index (χ0v) is 13.9. The molecule has 0 aliphatic heterocycles. The van der Waals surface area contributed by atoms with Crippen molar-refractivity contribution in [2.24, 2.45) is 4.99 Å². The molecule has 130 valence electrons. The fraction of sp³-hybridized carbons (Fsp3) is 0.250. The molecule has 0 radical (unpaired) electrons. The van der Waals surface area contributed by atoms with Crippen LogP contribution in [0.15, 0.2) is 35.5 Å². The Balaban J connectivity index is 1.91. The Labute approximate surface area is 142 Å². The van der Waals surface area contributed by atoms with Crippen LogP contribution in [0.25, 0.3) is 5.78 Å². The van der Waals surface area contributed by atoms with E-state index in [-0.39, 0.29) is 11.7 Å². The summed E-state index contributed by atoms with van der Waals surface area (Å²) in [6, 6.07) is 4.84. The van der Waals surface area contributed by atoms with E-state index in [2.05, 4.69) is 20.1 Å². The van der Waals surface area contributed by atoms with Crippen molar-refractivity contribution in [2.75, 3.05) is 14.1 Å². The lowest BCUT2D eigenvalue weighted by Gasteiger charge is -2.15. The first-order chi connectivity index (χ1) is 11.9. The minimum absolute atomic E-state index is 0.0511. The van der Waals surface area contributed by atoms with Gasteiger partial charge in [-0.15, -0.1) is 5.10 Å². The first kappa shape index (κ1) is 16.7. The number of hydrogen-bond acceptors (Lipinski definition) is 5. The third-order valence-electron chi connectivity index (χ3n) is 3.28. The van der Waals surface area contributed by atoms with Crippen LogP contribution in [-0.4, -0.2) is 44.9 Å². The van der Waals surface area contributed by atoms with E-state index in [0.717, 1.165) is 12.1 Å². The summed E-state index contributed by atoms with van der Waals surface area (Å²) in [5, 5.41) is 4.27. The fourth-order valence-electron chi connectivity index (χ4n) is 2.15. The quantitative estimate of drug-likeness (QED) is 0.525. The number of aromatic nitrogens is 4. The number of nitrogens with zero attached hydrogens (tertiary/aromatic N) is 6. The highest BCUT2D eigenvalue weighted by atomic mass is 19.1. The van der Waals surface area contributed by atoms with Crippen LogP contribution in [0.3, 0.4) is 0 Å². The minimum Gasteiger partial charge on any atom is -0.481 e. The van der Waals surface area contributed by atoms with Crippen molar-refractivity contribution in [3.05, 3.63) is 47.8 Å². The summed E-state index contributed by atoms with van der Waals surface area (Å²) in [4.78, 5) is 14.2. The van der Waals surface area contributed by atoms with Gasteiger partial charge in [0.05, 0.1) is 12.0 Å². The maximum Gasteiger partial charge on any atom is 0.272 e. The second-order valence-electron chi connectivity index (χ2n) is 5.54. The average Bonchev–Trinajstić information content (AvgIpc) is 2.98. The Hall–Kier alpha value is -3.10. The molecule has 0 N–H and O–H groups in total. The molecule has 1 aromatic carbocycles. The summed E-state index contributed by atoms with van der Waals surface area (Å²) < 4.78 is 33.9. The number of benzene rings is 1. The van der Waals surface area contributed by atoms with Crippen molar-refractivity contribution < 1.29 is 13.5 Å². The maximum absolute atomic E-state index is 13.8. The van der Waals surface area contributed by atoms with Gasteiger partial charge in [0.2, 0.25) is 0 Å². The molecule has 2 aromatic heterocycles. The lowest BCUT2D eigenvalue weighted by atomic mass is 10.2. The van der Waals surface area contributed by atoms with Crippen LogP contribution in [0.5, 0.6) is 5.75 Å². The predicted octanol–water partition coefficient (Wildman–Crippen LogP) is 2.76. The molecule has 0 saturated carbocycles. The number of halogens is 2. The van der Waals surface area contributed by atoms with Crippen LogP contribution in [0, 0.1) is 11.6 Å². The molecule has 1 atom stereocenters. The van der Waals surface area contributed by atoms with E-state index in [1.165, 1.54) is 10.6 Å². The highest BCUT2D eigenvalue weighted by molar-refractivity contribution is 5.58. The van der Waals surface area contributed by atoms with Gasteiger partial charge in [0.1, 0.15) is 11.9 Å². The zero-order valence-electron chi connectivity index (χ0n) is 13.9. The van der Waals surface area contributed by atoms with Gasteiger partial charge < -0.3 is 9.64 Å². The minimum atomic E-state index is -0.771. The standard InChI is InChI=1S/C16H16F2N6O/c1-10(25-14-5-4-11(17)8-12(14)18)13-6-7-19-16-21-15(22-24(13)16)20-9-23(2)3/h4-10H,1-3H3/b20-9+. The van der Waals surface area contributed by atoms with Crippen molar-refractivity contribution in [3.8, 4) is 5.75 Å². The number of hydrogen-bond donors (Lipinski definition) is 0. The lowest BCUT2D eigenvalue weighted by Crippen LogP contribution is -2.10. The Morgan fingerprint density at radius 1 is 1.28 bits per heavy atom. The number of ether oxygens (including phenoxy) is 1. The van der Waals surface area contributed by atoms with Crippen molar-refractivity contribution >= 4 is 18.1 Å². The summed E-state index contributed by atoms with van der Waals surface area (Å²) in [7, 11) is 3.66. The molecule has 0 bridgehead atoms. The number of fused-ring (bicyclic) bond motifs is 1. The van der Waals surface area contributed by atoms with Crippen molar-refractivity contribution in [2.45, 2.75) is 13.0 Å². The molecular weight excluding hydrogens is 330 g/mol. The molecule has 7 nitrogen and oxygen atoms in total. The van der Waals surface area contributed by atoms with Crippen LogP contribution >= 0.6 is 0 Å². The summed E-state index contributed by atoms with van der Waals surface area (Å²) >= 11 is 0. The molecule has 3 aromatic rings. The molecule has 0 aliphatic rings. The van der Waals surface area contributed by atoms with Gasteiger partial charge in [-0.1, -0.05) is 0 Å². The zero-order chi connectivity index (χ0) is 18.0. The van der Waals surface area contributed by atoms with Crippen LogP contribution < -0.4 is 4.74 Å². The molecule has 1 unspecified atom stereocenters. The van der Waals surface area contributed by atoms with Crippen molar-refractivity contribution in [1.29, 1.82) is 0 Å². The second-order valence-corrected chi connectivity index (χ2v) is 5.54. The Kier molecular flexibility index (Phi) is 4.55. The summed E-state index contributed by atoms with van der Waals surface area (Å²) in [6.07, 6.45) is 2.56. The Morgan fingerprint density at radius 2 is 2.08 bits per heavy atom. The van der Waals surface area contributed by atoms with Crippen LogP contribution in [0.2, 0.25) is 0 Å². The van der Waals surface area contributed by atoms with E-state index in [1.807, 2.05) is 14.1 Å². The van der Waals surface area contributed by atoms with E-state index >= 15 is 0 Å². The maximum atomic E-state index is 13.8. The first-order valence-corrected chi connectivity index (χ1v) is 7.48. The molecule has 0 aliphatic carbocycles. The van der Waals surface area contributed by atoms with E-state index in [9.17, 15) is 8.78 Å². The van der Waals surface area contributed by atoms with E-state index in [1.54, 1.807) is 30.4 Å². The van der Waals surface area contributed by atoms with Crippen molar-refractivity contribution in [3.63, 3.8) is 0 Å². The smallest absolute Gasteiger partial charge is 0.272 e.